The Morgan fingerprint density at radius 3 is 2.72 bits per heavy atom. The maximum Gasteiger partial charge on any atom is 0.242 e. The number of carbonyl (C=O) groups is 1. The summed E-state index contributed by atoms with van der Waals surface area (Å²) in [4.78, 5) is 23.0. The van der Waals surface area contributed by atoms with E-state index in [0.717, 1.165) is 47.5 Å². The zero-order valence-corrected chi connectivity index (χ0v) is 21.6. The molecule has 1 amide bonds. The Labute approximate surface area is 218 Å². The van der Waals surface area contributed by atoms with Crippen LogP contribution in [0, 0.1) is 0 Å². The van der Waals surface area contributed by atoms with Crippen LogP contribution in [-0.2, 0) is 4.79 Å². The first kappa shape index (κ1) is 24.3. The van der Waals surface area contributed by atoms with E-state index in [1.807, 2.05) is 41.8 Å². The number of nitrogens with one attached hydrogen (secondary N) is 3. The van der Waals surface area contributed by atoms with E-state index in [1.165, 1.54) is 18.3 Å². The number of anilines is 4. The van der Waals surface area contributed by atoms with Crippen molar-refractivity contribution in [3.05, 3.63) is 58.9 Å². The number of hydrogen-bond acceptors (Lipinski definition) is 8. The van der Waals surface area contributed by atoms with Gasteiger partial charge in [-0.1, -0.05) is 17.7 Å². The molecule has 5 rings (SSSR count). The predicted molar refractivity (Wildman–Crippen MR) is 147 cm³/mol. The van der Waals surface area contributed by atoms with Gasteiger partial charge in [0.2, 0.25) is 17.7 Å². The largest absolute Gasteiger partial charge is 0.437 e. The molecule has 1 aliphatic rings. The molecule has 1 saturated heterocycles. The minimum absolute atomic E-state index is 0.146. The molecule has 8 nitrogen and oxygen atoms in total. The SMILES string of the molecule is CC(=O)Nc1cccc(Oc2nc(Nc3ccc(NC4CCN(C)CC4)c(Cl)c3)nc3ccsc23)c1. The molecule has 0 radical (unpaired) electrons. The summed E-state index contributed by atoms with van der Waals surface area (Å²) in [5.41, 5.74) is 3.13. The lowest BCUT2D eigenvalue weighted by Gasteiger charge is -2.30. The Hall–Kier alpha value is -3.40. The fourth-order valence-electron chi connectivity index (χ4n) is 4.13. The van der Waals surface area contributed by atoms with Crippen LogP contribution < -0.4 is 20.7 Å². The summed E-state index contributed by atoms with van der Waals surface area (Å²) in [5, 5.41) is 12.2. The Kier molecular flexibility index (Phi) is 7.22. The molecule has 0 atom stereocenters. The number of nitrogens with zero attached hydrogens (tertiary/aromatic N) is 3. The van der Waals surface area contributed by atoms with Gasteiger partial charge in [0, 0.05) is 30.4 Å². The highest BCUT2D eigenvalue weighted by atomic mass is 35.5. The van der Waals surface area contributed by atoms with Crippen molar-refractivity contribution in [3.8, 4) is 11.6 Å². The molecule has 4 aromatic rings. The van der Waals surface area contributed by atoms with Crippen molar-refractivity contribution in [1.29, 1.82) is 0 Å². The van der Waals surface area contributed by atoms with Crippen molar-refractivity contribution in [3.63, 3.8) is 0 Å². The number of piperidine rings is 1. The highest BCUT2D eigenvalue weighted by molar-refractivity contribution is 7.17. The Balaban J connectivity index is 1.34. The summed E-state index contributed by atoms with van der Waals surface area (Å²) in [5.74, 6) is 1.26. The van der Waals surface area contributed by atoms with E-state index in [4.69, 9.17) is 16.3 Å². The van der Waals surface area contributed by atoms with E-state index >= 15 is 0 Å². The number of ether oxygens (including phenoxy) is 1. The fraction of sp³-hybridized carbons (Fsp3) is 0.269. The zero-order chi connectivity index (χ0) is 25.1. The molecule has 10 heteroatoms. The molecule has 36 heavy (non-hydrogen) atoms. The third-order valence-electron chi connectivity index (χ3n) is 5.94. The Morgan fingerprint density at radius 2 is 1.94 bits per heavy atom. The van der Waals surface area contributed by atoms with E-state index in [0.29, 0.717) is 34.3 Å². The van der Waals surface area contributed by atoms with Gasteiger partial charge in [0.05, 0.1) is 16.2 Å². The van der Waals surface area contributed by atoms with Gasteiger partial charge in [0.25, 0.3) is 0 Å². The molecule has 2 aromatic carbocycles. The molecular weight excluding hydrogens is 496 g/mol. The highest BCUT2D eigenvalue weighted by Crippen LogP contribution is 2.34. The van der Waals surface area contributed by atoms with Crippen LogP contribution in [-0.4, -0.2) is 47.0 Å². The van der Waals surface area contributed by atoms with Crippen LogP contribution in [0.1, 0.15) is 19.8 Å². The average Bonchev–Trinajstić information content (AvgIpc) is 3.31. The molecule has 0 saturated carbocycles. The van der Waals surface area contributed by atoms with Crippen LogP contribution in [0.4, 0.5) is 23.0 Å². The minimum atomic E-state index is -0.146. The highest BCUT2D eigenvalue weighted by Gasteiger charge is 2.18. The summed E-state index contributed by atoms with van der Waals surface area (Å²) in [6.45, 7) is 3.63. The number of carbonyl (C=O) groups excluding carboxylic acids is 1. The van der Waals surface area contributed by atoms with Gasteiger partial charge in [-0.25, -0.2) is 4.98 Å². The lowest BCUT2D eigenvalue weighted by atomic mass is 10.1. The molecule has 0 spiro atoms. The number of halogens is 1. The molecule has 3 N–H and O–H groups in total. The molecule has 3 heterocycles. The molecule has 0 bridgehead atoms. The van der Waals surface area contributed by atoms with Crippen molar-refractivity contribution < 1.29 is 9.53 Å². The topological polar surface area (TPSA) is 91.4 Å². The summed E-state index contributed by atoms with van der Waals surface area (Å²) in [6, 6.07) is 15.4. The molecule has 186 valence electrons. The summed E-state index contributed by atoms with van der Waals surface area (Å²) in [7, 11) is 2.15. The van der Waals surface area contributed by atoms with Crippen LogP contribution in [0.25, 0.3) is 10.2 Å². The minimum Gasteiger partial charge on any atom is -0.437 e. The van der Waals surface area contributed by atoms with Crippen LogP contribution >= 0.6 is 22.9 Å². The molecule has 2 aromatic heterocycles. The van der Waals surface area contributed by atoms with Crippen molar-refractivity contribution >= 4 is 62.1 Å². The van der Waals surface area contributed by atoms with Crippen molar-refractivity contribution in [2.45, 2.75) is 25.8 Å². The molecule has 1 aliphatic heterocycles. The smallest absolute Gasteiger partial charge is 0.242 e. The number of fused-ring (bicyclic) bond motifs is 1. The van der Waals surface area contributed by atoms with Crippen LogP contribution in [0.15, 0.2) is 53.9 Å². The van der Waals surface area contributed by atoms with E-state index in [1.54, 1.807) is 12.1 Å². The third-order valence-corrected chi connectivity index (χ3v) is 7.15. The number of thiophene rings is 1. The van der Waals surface area contributed by atoms with E-state index in [2.05, 4.69) is 37.9 Å². The second-order valence-corrected chi connectivity index (χ2v) is 10.2. The van der Waals surface area contributed by atoms with Crippen LogP contribution in [0.5, 0.6) is 11.6 Å². The quantitative estimate of drug-likeness (QED) is 0.260. The lowest BCUT2D eigenvalue weighted by Crippen LogP contribution is -2.36. The first-order chi connectivity index (χ1) is 17.4. The van der Waals surface area contributed by atoms with Gasteiger partial charge in [-0.3, -0.25) is 4.79 Å². The Bertz CT molecular complexity index is 1390. The molecule has 0 aliphatic carbocycles. The second kappa shape index (κ2) is 10.7. The summed E-state index contributed by atoms with van der Waals surface area (Å²) in [6.07, 6.45) is 2.19. The number of likely N-dealkylation sites (tertiary alicyclic amines) is 1. The fourth-order valence-corrected chi connectivity index (χ4v) is 5.12. The third kappa shape index (κ3) is 5.87. The predicted octanol–water partition coefficient (Wildman–Crippen LogP) is 6.35. The zero-order valence-electron chi connectivity index (χ0n) is 20.0. The van der Waals surface area contributed by atoms with E-state index in [9.17, 15) is 4.79 Å². The van der Waals surface area contributed by atoms with Crippen molar-refractivity contribution in [1.82, 2.24) is 14.9 Å². The van der Waals surface area contributed by atoms with E-state index < -0.39 is 0 Å². The van der Waals surface area contributed by atoms with Gasteiger partial charge in [-0.15, -0.1) is 11.3 Å². The monoisotopic (exact) mass is 522 g/mol. The second-order valence-electron chi connectivity index (χ2n) is 8.84. The van der Waals surface area contributed by atoms with E-state index in [-0.39, 0.29) is 5.91 Å². The van der Waals surface area contributed by atoms with Crippen molar-refractivity contribution in [2.75, 3.05) is 36.1 Å². The van der Waals surface area contributed by atoms with Gasteiger partial charge in [-0.2, -0.15) is 4.98 Å². The number of rotatable bonds is 7. The van der Waals surface area contributed by atoms with Gasteiger partial charge in [0.15, 0.2) is 0 Å². The van der Waals surface area contributed by atoms with Crippen molar-refractivity contribution in [2.24, 2.45) is 0 Å². The summed E-state index contributed by atoms with van der Waals surface area (Å²) >= 11 is 8.11. The molecule has 0 unspecified atom stereocenters. The Morgan fingerprint density at radius 1 is 1.11 bits per heavy atom. The van der Waals surface area contributed by atoms with Gasteiger partial charge in [0.1, 0.15) is 10.4 Å². The standard InChI is InChI=1S/C26H27ClN6O2S/c1-16(34)28-18-4-3-5-20(14-18)35-25-24-23(10-13-36-24)31-26(32-25)30-19-6-7-22(21(27)15-19)29-17-8-11-33(2)12-9-17/h3-7,10,13-15,17,29H,8-9,11-12H2,1-2H3,(H,28,34)(H,30,31,32). The maximum absolute atomic E-state index is 11.4. The van der Waals surface area contributed by atoms with Crippen LogP contribution in [0.3, 0.4) is 0 Å². The lowest BCUT2D eigenvalue weighted by molar-refractivity contribution is -0.114. The van der Waals surface area contributed by atoms with Gasteiger partial charge < -0.3 is 25.6 Å². The summed E-state index contributed by atoms with van der Waals surface area (Å²) < 4.78 is 6.95. The molecular formula is C26H27ClN6O2S. The number of aromatic nitrogens is 2. The number of hydrogen-bond donors (Lipinski definition) is 3. The average molecular weight is 523 g/mol. The first-order valence-corrected chi connectivity index (χ1v) is 13.0. The number of benzene rings is 2. The van der Waals surface area contributed by atoms with Gasteiger partial charge >= 0.3 is 0 Å². The maximum atomic E-state index is 11.4. The molecule has 1 fully saturated rings. The normalized spacial score (nSPS) is 14.5. The first-order valence-electron chi connectivity index (χ1n) is 11.8. The van der Waals surface area contributed by atoms with Gasteiger partial charge in [-0.05, 0) is 74.8 Å². The van der Waals surface area contributed by atoms with Crippen LogP contribution in [0.2, 0.25) is 5.02 Å². The number of amides is 1.